The van der Waals surface area contributed by atoms with Crippen molar-refractivity contribution < 1.29 is 14.5 Å². The lowest BCUT2D eigenvalue weighted by Gasteiger charge is -2.31. The standard InChI is InChI=1S/C23H25N3O4/c1-25(20-5-3-2-4-6-20)23(28)18-10-12-19(13-11-18)24-22(27)16-9-17-7-14-21(15-8-17)26(29)30/h7-16,20H,2-6H2,1H3,(H,24,27)/b16-9+. The fourth-order valence-corrected chi connectivity index (χ4v) is 3.60. The minimum atomic E-state index is -0.471. The molecular formula is C23H25N3O4. The number of nitro groups is 1. The van der Waals surface area contributed by atoms with Crippen molar-refractivity contribution >= 4 is 29.3 Å². The summed E-state index contributed by atoms with van der Waals surface area (Å²) in [4.78, 5) is 36.8. The summed E-state index contributed by atoms with van der Waals surface area (Å²) in [5, 5.41) is 13.4. The number of amides is 2. The first-order valence-electron chi connectivity index (χ1n) is 10.0. The number of non-ortho nitro benzene ring substituents is 1. The molecule has 1 aliphatic rings. The highest BCUT2D eigenvalue weighted by atomic mass is 16.6. The molecule has 0 heterocycles. The third-order valence-corrected chi connectivity index (χ3v) is 5.37. The molecule has 0 unspecified atom stereocenters. The van der Waals surface area contributed by atoms with Crippen molar-refractivity contribution in [2.75, 3.05) is 12.4 Å². The average molecular weight is 407 g/mol. The summed E-state index contributed by atoms with van der Waals surface area (Å²) in [5.74, 6) is -0.329. The number of nitrogens with one attached hydrogen (secondary N) is 1. The number of carbonyl (C=O) groups is 2. The molecular weight excluding hydrogens is 382 g/mol. The summed E-state index contributed by atoms with van der Waals surface area (Å²) in [6.45, 7) is 0. The van der Waals surface area contributed by atoms with E-state index in [1.54, 1.807) is 42.5 Å². The van der Waals surface area contributed by atoms with Crippen molar-refractivity contribution in [3.8, 4) is 0 Å². The van der Waals surface area contributed by atoms with Gasteiger partial charge in [-0.3, -0.25) is 19.7 Å². The lowest BCUT2D eigenvalue weighted by molar-refractivity contribution is -0.384. The van der Waals surface area contributed by atoms with Crippen LogP contribution in [0.1, 0.15) is 48.0 Å². The summed E-state index contributed by atoms with van der Waals surface area (Å²) >= 11 is 0. The Hall–Kier alpha value is -3.48. The van der Waals surface area contributed by atoms with Crippen molar-refractivity contribution in [3.63, 3.8) is 0 Å². The molecule has 1 fully saturated rings. The molecule has 2 aromatic carbocycles. The van der Waals surface area contributed by atoms with Gasteiger partial charge in [0.25, 0.3) is 11.6 Å². The van der Waals surface area contributed by atoms with E-state index in [2.05, 4.69) is 5.32 Å². The van der Waals surface area contributed by atoms with Crippen molar-refractivity contribution in [1.29, 1.82) is 0 Å². The van der Waals surface area contributed by atoms with Crippen molar-refractivity contribution in [1.82, 2.24) is 4.90 Å². The van der Waals surface area contributed by atoms with Gasteiger partial charge in [0.1, 0.15) is 0 Å². The molecule has 0 bridgehead atoms. The van der Waals surface area contributed by atoms with Crippen LogP contribution in [0.3, 0.4) is 0 Å². The summed E-state index contributed by atoms with van der Waals surface area (Å²) in [6.07, 6.45) is 8.62. The molecule has 1 saturated carbocycles. The number of benzene rings is 2. The maximum atomic E-state index is 12.7. The first kappa shape index (κ1) is 21.2. The lowest BCUT2D eigenvalue weighted by atomic mass is 9.94. The number of hydrogen-bond acceptors (Lipinski definition) is 4. The Balaban J connectivity index is 1.56. The summed E-state index contributed by atoms with van der Waals surface area (Å²) in [6, 6.07) is 13.1. The lowest BCUT2D eigenvalue weighted by Crippen LogP contribution is -2.38. The molecule has 1 N–H and O–H groups in total. The van der Waals surface area contributed by atoms with Crippen LogP contribution in [0, 0.1) is 10.1 Å². The molecule has 30 heavy (non-hydrogen) atoms. The highest BCUT2D eigenvalue weighted by Gasteiger charge is 2.22. The maximum absolute atomic E-state index is 12.7. The van der Waals surface area contributed by atoms with Crippen LogP contribution in [0.25, 0.3) is 6.08 Å². The first-order valence-corrected chi connectivity index (χ1v) is 10.0. The fourth-order valence-electron chi connectivity index (χ4n) is 3.60. The van der Waals surface area contributed by atoms with Crippen molar-refractivity contribution in [2.45, 2.75) is 38.1 Å². The third kappa shape index (κ3) is 5.53. The van der Waals surface area contributed by atoms with Crippen molar-refractivity contribution in [3.05, 3.63) is 75.8 Å². The molecule has 0 saturated heterocycles. The van der Waals surface area contributed by atoms with Gasteiger partial charge in [-0.25, -0.2) is 0 Å². The zero-order valence-corrected chi connectivity index (χ0v) is 16.9. The van der Waals surface area contributed by atoms with Gasteiger partial charge < -0.3 is 10.2 Å². The molecule has 156 valence electrons. The van der Waals surface area contributed by atoms with E-state index in [4.69, 9.17) is 0 Å². The van der Waals surface area contributed by atoms with Gasteiger partial charge in [0.05, 0.1) is 4.92 Å². The molecule has 0 atom stereocenters. The van der Waals surface area contributed by atoms with Crippen LogP contribution in [0.4, 0.5) is 11.4 Å². The molecule has 7 heteroatoms. The van der Waals surface area contributed by atoms with Crippen LogP contribution in [0.15, 0.2) is 54.6 Å². The van der Waals surface area contributed by atoms with Crippen LogP contribution in [0.5, 0.6) is 0 Å². The van der Waals surface area contributed by atoms with E-state index in [-0.39, 0.29) is 17.5 Å². The zero-order chi connectivity index (χ0) is 21.5. The minimum Gasteiger partial charge on any atom is -0.339 e. The van der Waals surface area contributed by atoms with E-state index in [0.717, 1.165) is 12.8 Å². The molecule has 2 aromatic rings. The molecule has 7 nitrogen and oxygen atoms in total. The number of carbonyl (C=O) groups excluding carboxylic acids is 2. The third-order valence-electron chi connectivity index (χ3n) is 5.37. The van der Waals surface area contributed by atoms with Gasteiger partial charge in [0.2, 0.25) is 5.91 Å². The quantitative estimate of drug-likeness (QED) is 0.428. The van der Waals surface area contributed by atoms with Crippen LogP contribution in [-0.2, 0) is 4.79 Å². The number of anilines is 1. The molecule has 0 aliphatic heterocycles. The Bertz CT molecular complexity index is 930. The summed E-state index contributed by atoms with van der Waals surface area (Å²) in [5.41, 5.74) is 1.87. The SMILES string of the molecule is CN(C(=O)c1ccc(NC(=O)/C=C/c2ccc([N+](=O)[O-])cc2)cc1)C1CCCCC1. The normalized spacial score (nSPS) is 14.4. The highest BCUT2D eigenvalue weighted by Crippen LogP contribution is 2.23. The van der Waals surface area contributed by atoms with E-state index < -0.39 is 4.92 Å². The number of nitrogens with zero attached hydrogens (tertiary/aromatic N) is 2. The predicted octanol–water partition coefficient (Wildman–Crippen LogP) is 4.65. The van der Waals surface area contributed by atoms with Gasteiger partial charge in [0.15, 0.2) is 0 Å². The number of hydrogen-bond donors (Lipinski definition) is 1. The zero-order valence-electron chi connectivity index (χ0n) is 16.9. The van der Waals surface area contributed by atoms with Gasteiger partial charge >= 0.3 is 0 Å². The van der Waals surface area contributed by atoms with Crippen LogP contribution in [-0.4, -0.2) is 34.7 Å². The Kier molecular flexibility index (Phi) is 6.95. The largest absolute Gasteiger partial charge is 0.339 e. The molecule has 0 radical (unpaired) electrons. The molecule has 3 rings (SSSR count). The predicted molar refractivity (Wildman–Crippen MR) is 116 cm³/mol. The monoisotopic (exact) mass is 407 g/mol. The van der Waals surface area contributed by atoms with Crippen LogP contribution < -0.4 is 5.32 Å². The second-order valence-corrected chi connectivity index (χ2v) is 7.46. The van der Waals surface area contributed by atoms with Gasteiger partial charge in [-0.2, -0.15) is 0 Å². The smallest absolute Gasteiger partial charge is 0.269 e. The van der Waals surface area contributed by atoms with Gasteiger partial charge in [-0.05, 0) is 60.9 Å². The van der Waals surface area contributed by atoms with E-state index in [0.29, 0.717) is 22.9 Å². The van der Waals surface area contributed by atoms with E-state index in [9.17, 15) is 19.7 Å². The highest BCUT2D eigenvalue weighted by molar-refractivity contribution is 6.02. The Morgan fingerprint density at radius 1 is 1.03 bits per heavy atom. The Morgan fingerprint density at radius 2 is 1.67 bits per heavy atom. The Morgan fingerprint density at radius 3 is 2.27 bits per heavy atom. The molecule has 0 aromatic heterocycles. The molecule has 2 amide bonds. The summed E-state index contributed by atoms with van der Waals surface area (Å²) in [7, 11) is 1.86. The second kappa shape index (κ2) is 9.82. The van der Waals surface area contributed by atoms with Crippen LogP contribution in [0.2, 0.25) is 0 Å². The minimum absolute atomic E-state index is 0.000343. The van der Waals surface area contributed by atoms with Gasteiger partial charge in [-0.1, -0.05) is 19.3 Å². The second-order valence-electron chi connectivity index (χ2n) is 7.46. The van der Waals surface area contributed by atoms with E-state index in [1.165, 1.54) is 37.5 Å². The number of nitro benzene ring substituents is 1. The van der Waals surface area contributed by atoms with Gasteiger partial charge in [0, 0.05) is 42.5 Å². The molecule has 0 spiro atoms. The van der Waals surface area contributed by atoms with E-state index in [1.807, 2.05) is 11.9 Å². The first-order chi connectivity index (χ1) is 14.4. The summed E-state index contributed by atoms with van der Waals surface area (Å²) < 4.78 is 0. The number of rotatable bonds is 6. The average Bonchev–Trinajstić information content (AvgIpc) is 2.78. The molecule has 1 aliphatic carbocycles. The van der Waals surface area contributed by atoms with E-state index >= 15 is 0 Å². The van der Waals surface area contributed by atoms with Gasteiger partial charge in [-0.15, -0.1) is 0 Å². The fraction of sp³-hybridized carbons (Fsp3) is 0.304. The van der Waals surface area contributed by atoms with Crippen LogP contribution >= 0.6 is 0 Å². The maximum Gasteiger partial charge on any atom is 0.269 e. The van der Waals surface area contributed by atoms with Crippen molar-refractivity contribution in [2.24, 2.45) is 0 Å². The Labute approximate surface area is 175 Å². The topological polar surface area (TPSA) is 92.6 Å².